The Labute approximate surface area is 185 Å². The largest absolute Gasteiger partial charge is 0.466 e. The molecule has 2 aromatic carbocycles. The van der Waals surface area contributed by atoms with Crippen molar-refractivity contribution in [3.8, 4) is 0 Å². The van der Waals surface area contributed by atoms with Crippen molar-refractivity contribution >= 4 is 46.0 Å². The number of carbonyl (C=O) groups is 2. The van der Waals surface area contributed by atoms with Crippen molar-refractivity contribution in [2.24, 2.45) is 7.05 Å². The van der Waals surface area contributed by atoms with Gasteiger partial charge in [0.25, 0.3) is 5.91 Å². The Balaban J connectivity index is 1.71. The third-order valence-electron chi connectivity index (χ3n) is 5.16. The molecule has 3 rings (SSSR count). The maximum atomic E-state index is 12.7. The second-order valence-corrected chi connectivity index (χ2v) is 7.81. The summed E-state index contributed by atoms with van der Waals surface area (Å²) in [6.07, 6.45) is 0.669. The van der Waals surface area contributed by atoms with Crippen LogP contribution >= 0.6 is 23.2 Å². The molecule has 30 heavy (non-hydrogen) atoms. The third-order valence-corrected chi connectivity index (χ3v) is 5.98. The van der Waals surface area contributed by atoms with E-state index in [1.165, 1.54) is 0 Å². The summed E-state index contributed by atoms with van der Waals surface area (Å²) >= 11 is 12.4. The first kappa shape index (κ1) is 22.2. The maximum Gasteiger partial charge on any atom is 0.313 e. The van der Waals surface area contributed by atoms with Crippen LogP contribution in [0.25, 0.3) is 10.9 Å². The minimum atomic E-state index is -0.277. The third kappa shape index (κ3) is 4.47. The van der Waals surface area contributed by atoms with Crippen molar-refractivity contribution in [1.29, 1.82) is 0 Å². The van der Waals surface area contributed by atoms with Gasteiger partial charge in [-0.15, -0.1) is 0 Å². The van der Waals surface area contributed by atoms with Crippen LogP contribution in [0.3, 0.4) is 0 Å². The van der Waals surface area contributed by atoms with Gasteiger partial charge in [0, 0.05) is 24.5 Å². The molecule has 0 aliphatic carbocycles. The van der Waals surface area contributed by atoms with Gasteiger partial charge >= 0.3 is 5.97 Å². The lowest BCUT2D eigenvalue weighted by molar-refractivity contribution is -0.145. The van der Waals surface area contributed by atoms with Crippen LogP contribution in [-0.4, -0.2) is 23.1 Å². The number of hydrogen-bond acceptors (Lipinski definition) is 3. The zero-order valence-corrected chi connectivity index (χ0v) is 18.7. The standard InChI is InChI=1S/C23H24Cl2N2O3/c1-4-16(23(29)30-5-2)15-8-6-14(7-9-15)13-26-22(28)20-12-17-19(27(20)3)11-10-18(24)21(17)25/h6-12,16H,4-5,13H2,1-3H3,(H,26,28). The predicted octanol–water partition coefficient (Wildman–Crippen LogP) is 5.47. The molecule has 1 amide bonds. The molecule has 1 unspecified atom stereocenters. The number of aromatic nitrogens is 1. The normalized spacial score (nSPS) is 12.0. The van der Waals surface area contributed by atoms with Gasteiger partial charge in [0.15, 0.2) is 0 Å². The van der Waals surface area contributed by atoms with Crippen LogP contribution in [0.5, 0.6) is 0 Å². The second kappa shape index (κ2) is 9.54. The fraction of sp³-hybridized carbons (Fsp3) is 0.304. The molecule has 0 aliphatic heterocycles. The highest BCUT2D eigenvalue weighted by atomic mass is 35.5. The summed E-state index contributed by atoms with van der Waals surface area (Å²) in [6, 6.07) is 12.9. The van der Waals surface area contributed by atoms with Crippen LogP contribution in [0.15, 0.2) is 42.5 Å². The average molecular weight is 447 g/mol. The number of fused-ring (bicyclic) bond motifs is 1. The number of amides is 1. The number of carbonyl (C=O) groups excluding carboxylic acids is 2. The molecule has 0 fully saturated rings. The summed E-state index contributed by atoms with van der Waals surface area (Å²) in [5, 5.41) is 4.56. The highest BCUT2D eigenvalue weighted by molar-refractivity contribution is 6.45. The maximum absolute atomic E-state index is 12.7. The number of nitrogens with zero attached hydrogens (tertiary/aromatic N) is 1. The lowest BCUT2D eigenvalue weighted by Gasteiger charge is -2.14. The van der Waals surface area contributed by atoms with Gasteiger partial charge in [-0.25, -0.2) is 0 Å². The number of aryl methyl sites for hydroxylation is 1. The molecule has 0 radical (unpaired) electrons. The first-order valence-electron chi connectivity index (χ1n) is 9.84. The van der Waals surface area contributed by atoms with Crippen molar-refractivity contribution in [3.05, 3.63) is 69.3 Å². The summed E-state index contributed by atoms with van der Waals surface area (Å²) < 4.78 is 6.94. The molecule has 1 aromatic heterocycles. The van der Waals surface area contributed by atoms with E-state index in [-0.39, 0.29) is 17.8 Å². The van der Waals surface area contributed by atoms with Crippen molar-refractivity contribution in [1.82, 2.24) is 9.88 Å². The van der Waals surface area contributed by atoms with E-state index in [1.54, 1.807) is 23.6 Å². The predicted molar refractivity (Wildman–Crippen MR) is 120 cm³/mol. The van der Waals surface area contributed by atoms with Gasteiger partial charge in [-0.2, -0.15) is 0 Å². The van der Waals surface area contributed by atoms with Crippen molar-refractivity contribution < 1.29 is 14.3 Å². The van der Waals surface area contributed by atoms with Crippen LogP contribution < -0.4 is 5.32 Å². The Morgan fingerprint density at radius 1 is 1.10 bits per heavy atom. The zero-order chi connectivity index (χ0) is 21.8. The van der Waals surface area contributed by atoms with Crippen molar-refractivity contribution in [3.63, 3.8) is 0 Å². The van der Waals surface area contributed by atoms with E-state index in [9.17, 15) is 9.59 Å². The SMILES string of the molecule is CCOC(=O)C(CC)c1ccc(CNC(=O)c2cc3c(Cl)c(Cl)ccc3n2C)cc1. The number of rotatable bonds is 7. The van der Waals surface area contributed by atoms with E-state index in [0.717, 1.165) is 22.0 Å². The van der Waals surface area contributed by atoms with Gasteiger partial charge in [0.1, 0.15) is 5.69 Å². The van der Waals surface area contributed by atoms with Crippen LogP contribution in [0.4, 0.5) is 0 Å². The number of ether oxygens (including phenoxy) is 1. The summed E-state index contributed by atoms with van der Waals surface area (Å²) in [6.45, 7) is 4.49. The smallest absolute Gasteiger partial charge is 0.313 e. The molecule has 158 valence electrons. The Morgan fingerprint density at radius 3 is 2.43 bits per heavy atom. The van der Waals surface area contributed by atoms with E-state index in [1.807, 2.05) is 44.3 Å². The topological polar surface area (TPSA) is 60.3 Å². The summed E-state index contributed by atoms with van der Waals surface area (Å²) in [7, 11) is 1.82. The van der Waals surface area contributed by atoms with E-state index < -0.39 is 0 Å². The first-order valence-corrected chi connectivity index (χ1v) is 10.6. The highest BCUT2D eigenvalue weighted by Crippen LogP contribution is 2.32. The van der Waals surface area contributed by atoms with Gasteiger partial charge in [-0.3, -0.25) is 9.59 Å². The molecule has 1 atom stereocenters. The summed E-state index contributed by atoms with van der Waals surface area (Å²) in [4.78, 5) is 24.8. The molecule has 3 aromatic rings. The molecule has 0 saturated heterocycles. The Morgan fingerprint density at radius 2 is 1.80 bits per heavy atom. The summed E-state index contributed by atoms with van der Waals surface area (Å²) in [5.41, 5.74) is 3.18. The molecular formula is C23H24Cl2N2O3. The molecule has 5 nitrogen and oxygen atoms in total. The van der Waals surface area contributed by atoms with Crippen molar-refractivity contribution in [2.45, 2.75) is 32.7 Å². The minimum Gasteiger partial charge on any atom is -0.466 e. The first-order chi connectivity index (χ1) is 14.4. The zero-order valence-electron chi connectivity index (χ0n) is 17.2. The van der Waals surface area contributed by atoms with Crippen LogP contribution in [0.1, 0.15) is 47.8 Å². The average Bonchev–Trinajstić information content (AvgIpc) is 3.08. The van der Waals surface area contributed by atoms with Gasteiger partial charge in [0.05, 0.1) is 22.6 Å². The monoisotopic (exact) mass is 446 g/mol. The molecule has 1 heterocycles. The van der Waals surface area contributed by atoms with Gasteiger partial charge < -0.3 is 14.6 Å². The van der Waals surface area contributed by atoms with E-state index in [4.69, 9.17) is 27.9 Å². The molecule has 0 aliphatic rings. The van der Waals surface area contributed by atoms with Gasteiger partial charge in [0.2, 0.25) is 0 Å². The Hall–Kier alpha value is -2.50. The Kier molecular flexibility index (Phi) is 7.06. The molecule has 0 saturated carbocycles. The second-order valence-electron chi connectivity index (χ2n) is 7.02. The number of nitrogens with one attached hydrogen (secondary N) is 1. The van der Waals surface area contributed by atoms with E-state index in [2.05, 4.69) is 5.32 Å². The number of benzene rings is 2. The molecule has 0 spiro atoms. The lowest BCUT2D eigenvalue weighted by Crippen LogP contribution is -2.24. The fourth-order valence-corrected chi connectivity index (χ4v) is 3.87. The minimum absolute atomic E-state index is 0.206. The highest BCUT2D eigenvalue weighted by Gasteiger charge is 2.20. The Bertz CT molecular complexity index is 1070. The van der Waals surface area contributed by atoms with Crippen LogP contribution in [-0.2, 0) is 23.1 Å². The summed E-state index contributed by atoms with van der Waals surface area (Å²) in [5.74, 6) is -0.695. The van der Waals surface area contributed by atoms with Gasteiger partial charge in [-0.1, -0.05) is 54.4 Å². The quantitative estimate of drug-likeness (QED) is 0.489. The number of esters is 1. The molecule has 0 bridgehead atoms. The number of hydrogen-bond donors (Lipinski definition) is 1. The van der Waals surface area contributed by atoms with Gasteiger partial charge in [-0.05, 0) is 42.7 Å². The van der Waals surface area contributed by atoms with Crippen LogP contribution in [0, 0.1) is 0 Å². The number of halogens is 2. The molecular weight excluding hydrogens is 423 g/mol. The van der Waals surface area contributed by atoms with E-state index in [0.29, 0.717) is 35.3 Å². The fourth-order valence-electron chi connectivity index (χ4n) is 3.49. The van der Waals surface area contributed by atoms with Crippen molar-refractivity contribution in [2.75, 3.05) is 6.61 Å². The van der Waals surface area contributed by atoms with Crippen LogP contribution in [0.2, 0.25) is 10.0 Å². The molecule has 1 N–H and O–H groups in total. The van der Waals surface area contributed by atoms with E-state index >= 15 is 0 Å². The lowest BCUT2D eigenvalue weighted by atomic mass is 9.95. The molecule has 7 heteroatoms.